The number of hydrogen-bond acceptors (Lipinski definition) is 5. The lowest BCUT2D eigenvalue weighted by Crippen LogP contribution is -2.46. The number of nitrogens with zero attached hydrogens (tertiary/aromatic N) is 1. The summed E-state index contributed by atoms with van der Waals surface area (Å²) < 4.78 is 39.3. The third-order valence-electron chi connectivity index (χ3n) is 2.75. The largest absolute Gasteiger partial charge is 0.481 e. The lowest BCUT2D eigenvalue weighted by molar-refractivity contribution is -0.267. The van der Waals surface area contributed by atoms with Crippen molar-refractivity contribution in [3.63, 3.8) is 0 Å². The monoisotopic (exact) mass is 340 g/mol. The van der Waals surface area contributed by atoms with Crippen LogP contribution in [-0.2, 0) is 15.2 Å². The number of aromatic nitrogens is 1. The zero-order valence-corrected chi connectivity index (χ0v) is 12.4. The summed E-state index contributed by atoms with van der Waals surface area (Å²) >= 11 is 0.619. The van der Waals surface area contributed by atoms with E-state index in [1.54, 1.807) is 0 Å². The van der Waals surface area contributed by atoms with E-state index in [2.05, 4.69) is 10.3 Å². The fourth-order valence-electron chi connectivity index (χ4n) is 1.60. The van der Waals surface area contributed by atoms with Crippen LogP contribution in [0, 0.1) is 6.92 Å². The number of amides is 1. The summed E-state index contributed by atoms with van der Waals surface area (Å²) in [5.74, 6) is -2.10. The standard InChI is InChI=1S/C12H15F3N2O4S/c1-7-6-22-10(17-7)11(21,12(13,14)15)5-8(18)16-4-2-3-9(19)20/h6,21H,2-5H2,1H3,(H,16,18)(H,19,20). The maximum Gasteiger partial charge on any atom is 0.424 e. The van der Waals surface area contributed by atoms with Gasteiger partial charge in [-0.1, -0.05) is 0 Å². The molecule has 10 heteroatoms. The molecule has 22 heavy (non-hydrogen) atoms. The number of halogens is 3. The summed E-state index contributed by atoms with van der Waals surface area (Å²) in [6.07, 6.45) is -6.41. The Morgan fingerprint density at radius 1 is 1.41 bits per heavy atom. The second-order valence-corrected chi connectivity index (χ2v) is 5.53. The Morgan fingerprint density at radius 2 is 2.05 bits per heavy atom. The predicted molar refractivity (Wildman–Crippen MR) is 71.3 cm³/mol. The highest BCUT2D eigenvalue weighted by molar-refractivity contribution is 7.09. The summed E-state index contributed by atoms with van der Waals surface area (Å²) in [5, 5.41) is 21.2. The van der Waals surface area contributed by atoms with Gasteiger partial charge in [-0.15, -0.1) is 11.3 Å². The van der Waals surface area contributed by atoms with E-state index in [0.29, 0.717) is 17.0 Å². The molecular formula is C12H15F3N2O4S. The first-order valence-corrected chi connectivity index (χ1v) is 7.14. The predicted octanol–water partition coefficient (Wildman–Crippen LogP) is 1.57. The van der Waals surface area contributed by atoms with Crippen LogP contribution in [0.4, 0.5) is 13.2 Å². The van der Waals surface area contributed by atoms with Crippen molar-refractivity contribution < 1.29 is 33.0 Å². The number of rotatable bonds is 7. The van der Waals surface area contributed by atoms with Gasteiger partial charge in [-0.05, 0) is 13.3 Å². The van der Waals surface area contributed by atoms with Gasteiger partial charge < -0.3 is 15.5 Å². The van der Waals surface area contributed by atoms with Crippen LogP contribution in [0.25, 0.3) is 0 Å². The Labute approximate surface area is 128 Å². The van der Waals surface area contributed by atoms with Gasteiger partial charge in [0.05, 0.1) is 6.42 Å². The molecule has 0 aliphatic carbocycles. The number of nitrogens with one attached hydrogen (secondary N) is 1. The van der Waals surface area contributed by atoms with E-state index >= 15 is 0 Å². The molecule has 1 atom stereocenters. The molecule has 1 rings (SSSR count). The van der Waals surface area contributed by atoms with Crippen molar-refractivity contribution in [2.75, 3.05) is 6.54 Å². The normalized spacial score (nSPS) is 14.4. The first kappa shape index (κ1) is 18.4. The molecule has 1 aromatic rings. The molecule has 1 aromatic heterocycles. The van der Waals surface area contributed by atoms with Gasteiger partial charge in [0.2, 0.25) is 11.5 Å². The minimum atomic E-state index is -5.06. The maximum absolute atomic E-state index is 13.1. The fourth-order valence-corrected chi connectivity index (χ4v) is 2.52. The van der Waals surface area contributed by atoms with E-state index in [4.69, 9.17) is 5.11 Å². The van der Waals surface area contributed by atoms with Gasteiger partial charge in [-0.25, -0.2) is 4.98 Å². The number of carboxylic acid groups (broad SMARTS) is 1. The van der Waals surface area contributed by atoms with E-state index in [1.165, 1.54) is 12.3 Å². The molecule has 1 heterocycles. The minimum Gasteiger partial charge on any atom is -0.481 e. The second kappa shape index (κ2) is 7.05. The molecule has 0 spiro atoms. The minimum absolute atomic E-state index is 0.0852. The van der Waals surface area contributed by atoms with Crippen LogP contribution in [0.15, 0.2) is 5.38 Å². The SMILES string of the molecule is Cc1csc(C(O)(CC(=O)NCCCC(=O)O)C(F)(F)F)n1. The molecule has 0 aliphatic rings. The zero-order valence-electron chi connectivity index (χ0n) is 11.6. The van der Waals surface area contributed by atoms with Gasteiger partial charge in [-0.3, -0.25) is 9.59 Å². The lowest BCUT2D eigenvalue weighted by atomic mass is 9.99. The molecule has 0 saturated heterocycles. The number of carboxylic acids is 1. The molecule has 0 bridgehead atoms. The van der Waals surface area contributed by atoms with Crippen LogP contribution in [0.1, 0.15) is 30.0 Å². The van der Waals surface area contributed by atoms with E-state index in [9.17, 15) is 27.9 Å². The van der Waals surface area contributed by atoms with Gasteiger partial charge >= 0.3 is 12.1 Å². The molecule has 124 valence electrons. The highest BCUT2D eigenvalue weighted by atomic mass is 32.1. The Bertz CT molecular complexity index is 547. The Kier molecular flexibility index (Phi) is 5.89. The first-order chi connectivity index (χ1) is 10.1. The first-order valence-electron chi connectivity index (χ1n) is 6.26. The van der Waals surface area contributed by atoms with Crippen molar-refractivity contribution in [2.45, 2.75) is 38.0 Å². The van der Waals surface area contributed by atoms with Gasteiger partial charge in [0, 0.05) is 24.0 Å². The van der Waals surface area contributed by atoms with Crippen molar-refractivity contribution >= 4 is 23.2 Å². The fraction of sp³-hybridized carbons (Fsp3) is 0.583. The number of aryl methyl sites for hydroxylation is 1. The molecule has 3 N–H and O–H groups in total. The topological polar surface area (TPSA) is 99.5 Å². The van der Waals surface area contributed by atoms with E-state index in [-0.39, 0.29) is 19.4 Å². The van der Waals surface area contributed by atoms with Crippen molar-refractivity contribution in [1.82, 2.24) is 10.3 Å². The Balaban J connectivity index is 2.74. The molecule has 1 amide bonds. The summed E-state index contributed by atoms with van der Waals surface area (Å²) in [5.41, 5.74) is -3.05. The van der Waals surface area contributed by atoms with Crippen LogP contribution >= 0.6 is 11.3 Å². The van der Waals surface area contributed by atoms with E-state index in [0.717, 1.165) is 0 Å². The number of carbonyl (C=O) groups excluding carboxylic acids is 1. The molecule has 0 aromatic carbocycles. The summed E-state index contributed by atoms with van der Waals surface area (Å²) in [4.78, 5) is 25.5. The molecule has 0 saturated carbocycles. The summed E-state index contributed by atoms with van der Waals surface area (Å²) in [6.45, 7) is 1.39. The van der Waals surface area contributed by atoms with Gasteiger partial charge in [0.25, 0.3) is 0 Å². The van der Waals surface area contributed by atoms with Crippen molar-refractivity contribution in [3.8, 4) is 0 Å². The summed E-state index contributed by atoms with van der Waals surface area (Å²) in [7, 11) is 0. The number of alkyl halides is 3. The van der Waals surface area contributed by atoms with Crippen LogP contribution in [0.3, 0.4) is 0 Å². The van der Waals surface area contributed by atoms with Gasteiger partial charge in [-0.2, -0.15) is 13.2 Å². The Morgan fingerprint density at radius 3 is 2.50 bits per heavy atom. The molecule has 0 aliphatic heterocycles. The smallest absolute Gasteiger partial charge is 0.424 e. The van der Waals surface area contributed by atoms with E-state index in [1.807, 2.05) is 0 Å². The molecule has 0 radical (unpaired) electrons. The number of aliphatic carboxylic acids is 1. The van der Waals surface area contributed by atoms with Crippen molar-refractivity contribution in [1.29, 1.82) is 0 Å². The molecule has 0 fully saturated rings. The van der Waals surface area contributed by atoms with E-state index < -0.39 is 35.1 Å². The average Bonchev–Trinajstić information content (AvgIpc) is 2.80. The Hall–Kier alpha value is -1.68. The van der Waals surface area contributed by atoms with Crippen LogP contribution in [0.2, 0.25) is 0 Å². The van der Waals surface area contributed by atoms with Gasteiger partial charge in [0.15, 0.2) is 0 Å². The number of thiazole rings is 1. The number of carbonyl (C=O) groups is 2. The lowest BCUT2D eigenvalue weighted by Gasteiger charge is -2.27. The zero-order chi connectivity index (χ0) is 17.0. The van der Waals surface area contributed by atoms with Gasteiger partial charge in [0.1, 0.15) is 5.01 Å². The van der Waals surface area contributed by atoms with Crippen molar-refractivity contribution in [3.05, 3.63) is 16.1 Å². The number of hydrogen-bond donors (Lipinski definition) is 3. The quantitative estimate of drug-likeness (QED) is 0.654. The molecule has 1 unspecified atom stereocenters. The van der Waals surface area contributed by atoms with Crippen LogP contribution in [0.5, 0.6) is 0 Å². The third kappa shape index (κ3) is 4.67. The number of aliphatic hydroxyl groups is 1. The average molecular weight is 340 g/mol. The molecular weight excluding hydrogens is 325 g/mol. The highest BCUT2D eigenvalue weighted by Crippen LogP contribution is 2.42. The highest BCUT2D eigenvalue weighted by Gasteiger charge is 2.58. The van der Waals surface area contributed by atoms with Crippen LogP contribution in [-0.4, -0.2) is 39.8 Å². The summed E-state index contributed by atoms with van der Waals surface area (Å²) in [6, 6.07) is 0. The van der Waals surface area contributed by atoms with Crippen LogP contribution < -0.4 is 5.32 Å². The maximum atomic E-state index is 13.1. The molecule has 6 nitrogen and oxygen atoms in total. The third-order valence-corrected chi connectivity index (χ3v) is 3.86. The second-order valence-electron chi connectivity index (χ2n) is 4.68. The van der Waals surface area contributed by atoms with Crippen molar-refractivity contribution in [2.24, 2.45) is 0 Å².